The molecule has 0 radical (unpaired) electrons. The first-order valence-corrected chi connectivity index (χ1v) is 12.8. The highest BCUT2D eigenvalue weighted by molar-refractivity contribution is 7.89. The van der Waals surface area contributed by atoms with Gasteiger partial charge in [-0.05, 0) is 48.4 Å². The molecule has 1 aliphatic heterocycles. The molecule has 0 aromatic heterocycles. The van der Waals surface area contributed by atoms with Gasteiger partial charge in [-0.2, -0.15) is 4.31 Å². The monoisotopic (exact) mass is 498 g/mol. The third-order valence-corrected chi connectivity index (χ3v) is 7.63. The van der Waals surface area contributed by atoms with Gasteiger partial charge in [0.25, 0.3) is 5.91 Å². The third kappa shape index (κ3) is 5.70. The summed E-state index contributed by atoms with van der Waals surface area (Å²) in [7, 11) is -4.11. The Labute approximate surface area is 204 Å². The molecule has 1 saturated heterocycles. The number of rotatable bonds is 8. The van der Waals surface area contributed by atoms with Crippen molar-refractivity contribution in [2.75, 3.05) is 32.9 Å². The Balaban J connectivity index is 1.63. The van der Waals surface area contributed by atoms with Crippen molar-refractivity contribution in [3.63, 3.8) is 0 Å². The van der Waals surface area contributed by atoms with E-state index in [0.717, 1.165) is 23.3 Å². The van der Waals surface area contributed by atoms with E-state index in [9.17, 15) is 17.6 Å². The minimum absolute atomic E-state index is 0.0464. The van der Waals surface area contributed by atoms with Crippen LogP contribution in [-0.4, -0.2) is 51.5 Å². The van der Waals surface area contributed by atoms with Crippen LogP contribution in [0, 0.1) is 5.82 Å². The zero-order valence-corrected chi connectivity index (χ0v) is 20.1. The molecule has 184 valence electrons. The normalized spacial score (nSPS) is 15.4. The predicted molar refractivity (Wildman–Crippen MR) is 129 cm³/mol. The van der Waals surface area contributed by atoms with Crippen molar-refractivity contribution in [3.8, 4) is 5.75 Å². The quantitative estimate of drug-likeness (QED) is 0.511. The van der Waals surface area contributed by atoms with E-state index in [1.165, 1.54) is 10.4 Å². The second kappa shape index (κ2) is 11.0. The lowest BCUT2D eigenvalue weighted by atomic mass is 9.98. The molecule has 4 rings (SSSR count). The van der Waals surface area contributed by atoms with Crippen LogP contribution < -0.4 is 10.1 Å². The van der Waals surface area contributed by atoms with Gasteiger partial charge in [0, 0.05) is 18.7 Å². The number of carbonyl (C=O) groups excluding carboxylic acids is 1. The summed E-state index contributed by atoms with van der Waals surface area (Å²) in [6, 6.07) is 19.6. The number of nitrogens with one attached hydrogen (secondary N) is 1. The molecule has 0 aliphatic carbocycles. The predicted octanol–water partition coefficient (Wildman–Crippen LogP) is 3.76. The number of benzene rings is 3. The van der Waals surface area contributed by atoms with Gasteiger partial charge in [0.15, 0.2) is 0 Å². The fraction of sp³-hybridized carbons (Fsp3) is 0.269. The number of morpholine rings is 1. The minimum atomic E-state index is -4.11. The fourth-order valence-electron chi connectivity index (χ4n) is 3.91. The van der Waals surface area contributed by atoms with Gasteiger partial charge in [-0.15, -0.1) is 0 Å². The highest BCUT2D eigenvalue weighted by Gasteiger charge is 2.30. The summed E-state index contributed by atoms with van der Waals surface area (Å²) in [6.45, 7) is 3.18. The molecule has 1 heterocycles. The lowest BCUT2D eigenvalue weighted by molar-refractivity contribution is 0.0729. The zero-order valence-electron chi connectivity index (χ0n) is 19.3. The van der Waals surface area contributed by atoms with E-state index in [-0.39, 0.29) is 31.9 Å². The first-order chi connectivity index (χ1) is 16.9. The topological polar surface area (TPSA) is 84.9 Å². The van der Waals surface area contributed by atoms with Gasteiger partial charge in [-0.3, -0.25) is 4.79 Å². The maximum Gasteiger partial charge on any atom is 0.252 e. The number of nitrogens with zero attached hydrogens (tertiary/aromatic N) is 1. The third-order valence-electron chi connectivity index (χ3n) is 5.71. The van der Waals surface area contributed by atoms with E-state index >= 15 is 0 Å². The van der Waals surface area contributed by atoms with Crippen molar-refractivity contribution < 1.29 is 27.1 Å². The maximum atomic E-state index is 14.6. The lowest BCUT2D eigenvalue weighted by Crippen LogP contribution is -2.41. The van der Waals surface area contributed by atoms with E-state index in [2.05, 4.69) is 5.32 Å². The van der Waals surface area contributed by atoms with Crippen LogP contribution in [0.25, 0.3) is 0 Å². The molecule has 0 bridgehead atoms. The molecule has 9 heteroatoms. The number of carbonyl (C=O) groups is 1. The summed E-state index contributed by atoms with van der Waals surface area (Å²) < 4.78 is 52.5. The number of ether oxygens (including phenoxy) is 2. The van der Waals surface area contributed by atoms with E-state index in [1.54, 1.807) is 0 Å². The zero-order chi connectivity index (χ0) is 24.8. The highest BCUT2D eigenvalue weighted by Crippen LogP contribution is 2.26. The molecular formula is C26H27FN2O5S. The fourth-order valence-corrected chi connectivity index (χ4v) is 5.41. The number of amides is 1. The Morgan fingerprint density at radius 2 is 1.69 bits per heavy atom. The molecule has 1 atom stereocenters. The van der Waals surface area contributed by atoms with Crippen molar-refractivity contribution in [1.29, 1.82) is 0 Å². The Hall–Kier alpha value is -3.27. The van der Waals surface area contributed by atoms with Gasteiger partial charge in [-0.25, -0.2) is 12.8 Å². The van der Waals surface area contributed by atoms with Gasteiger partial charge in [0.1, 0.15) is 16.5 Å². The average Bonchev–Trinajstić information content (AvgIpc) is 2.89. The Morgan fingerprint density at radius 3 is 2.34 bits per heavy atom. The van der Waals surface area contributed by atoms with Crippen LogP contribution in [0.3, 0.4) is 0 Å². The van der Waals surface area contributed by atoms with Crippen LogP contribution in [0.1, 0.15) is 34.5 Å². The van der Waals surface area contributed by atoms with Crippen LogP contribution in [-0.2, 0) is 14.8 Å². The maximum absolute atomic E-state index is 14.6. The van der Waals surface area contributed by atoms with E-state index in [4.69, 9.17) is 9.47 Å². The second-order valence-corrected chi connectivity index (χ2v) is 9.89. The summed E-state index contributed by atoms with van der Waals surface area (Å²) in [5.41, 5.74) is 1.70. The first-order valence-electron chi connectivity index (χ1n) is 11.4. The Kier molecular flexibility index (Phi) is 7.80. The number of hydrogen-bond donors (Lipinski definition) is 1. The number of hydrogen-bond acceptors (Lipinski definition) is 5. The minimum Gasteiger partial charge on any atom is -0.494 e. The molecule has 1 fully saturated rings. The van der Waals surface area contributed by atoms with Gasteiger partial charge >= 0.3 is 0 Å². The number of sulfonamides is 1. The van der Waals surface area contributed by atoms with Crippen molar-refractivity contribution in [3.05, 3.63) is 95.3 Å². The van der Waals surface area contributed by atoms with E-state index < -0.39 is 32.7 Å². The van der Waals surface area contributed by atoms with Crippen molar-refractivity contribution in [2.45, 2.75) is 17.9 Å². The standard InChI is InChI=1S/C26H27FN2O5S/c1-2-34-22-11-8-20(9-12-22)25(19-6-4-3-5-7-19)28-26(30)21-10-13-23(27)24(18-21)35(31,32)29-14-16-33-17-15-29/h3-13,18,25H,2,14-17H2,1H3,(H,28,30). The summed E-state index contributed by atoms with van der Waals surface area (Å²) in [5.74, 6) is -0.712. The molecule has 3 aromatic rings. The largest absolute Gasteiger partial charge is 0.494 e. The summed E-state index contributed by atoms with van der Waals surface area (Å²) >= 11 is 0. The summed E-state index contributed by atoms with van der Waals surface area (Å²) in [6.07, 6.45) is 0. The van der Waals surface area contributed by atoms with Gasteiger partial charge in [0.2, 0.25) is 10.0 Å². The second-order valence-electron chi connectivity index (χ2n) is 7.98. The summed E-state index contributed by atoms with van der Waals surface area (Å²) in [4.78, 5) is 12.7. The molecular weight excluding hydrogens is 471 g/mol. The molecule has 1 amide bonds. The molecule has 7 nitrogen and oxygen atoms in total. The van der Waals surface area contributed by atoms with Crippen molar-refractivity contribution in [2.24, 2.45) is 0 Å². The molecule has 0 spiro atoms. The molecule has 0 saturated carbocycles. The van der Waals surface area contributed by atoms with Crippen LogP contribution in [0.2, 0.25) is 0 Å². The van der Waals surface area contributed by atoms with Crippen molar-refractivity contribution in [1.82, 2.24) is 9.62 Å². The van der Waals surface area contributed by atoms with Crippen LogP contribution in [0.15, 0.2) is 77.7 Å². The van der Waals surface area contributed by atoms with Crippen molar-refractivity contribution >= 4 is 15.9 Å². The van der Waals surface area contributed by atoms with Gasteiger partial charge in [0.05, 0.1) is 25.9 Å². The van der Waals surface area contributed by atoms with Crippen LogP contribution in [0.4, 0.5) is 4.39 Å². The van der Waals surface area contributed by atoms with Crippen LogP contribution in [0.5, 0.6) is 5.75 Å². The smallest absolute Gasteiger partial charge is 0.252 e. The van der Waals surface area contributed by atoms with Crippen LogP contribution >= 0.6 is 0 Å². The average molecular weight is 499 g/mol. The lowest BCUT2D eigenvalue weighted by Gasteiger charge is -2.26. The Morgan fingerprint density at radius 1 is 1.03 bits per heavy atom. The van der Waals surface area contributed by atoms with E-state index in [0.29, 0.717) is 12.4 Å². The molecule has 3 aromatic carbocycles. The molecule has 1 aliphatic rings. The molecule has 35 heavy (non-hydrogen) atoms. The van der Waals surface area contributed by atoms with E-state index in [1.807, 2.05) is 61.5 Å². The van der Waals surface area contributed by atoms with Gasteiger partial charge < -0.3 is 14.8 Å². The first kappa shape index (κ1) is 24.8. The number of halogens is 1. The highest BCUT2D eigenvalue weighted by atomic mass is 32.2. The SMILES string of the molecule is CCOc1ccc(C(NC(=O)c2ccc(F)c(S(=O)(=O)N3CCOCC3)c2)c2ccccc2)cc1. The molecule has 1 unspecified atom stereocenters. The Bertz CT molecular complexity index is 1260. The molecule has 1 N–H and O–H groups in total. The van der Waals surface area contributed by atoms with Gasteiger partial charge in [-0.1, -0.05) is 42.5 Å². The summed E-state index contributed by atoms with van der Waals surface area (Å²) in [5, 5.41) is 2.96.